The van der Waals surface area contributed by atoms with Gasteiger partial charge >= 0.3 is 0 Å². The van der Waals surface area contributed by atoms with Crippen LogP contribution in [0.2, 0.25) is 5.28 Å². The Bertz CT molecular complexity index is 465. The SMILES string of the molecule is O=Cc1cnc(Cl)n1Cc1ccccc1. The largest absolute Gasteiger partial charge is 0.308 e. The van der Waals surface area contributed by atoms with Crippen molar-refractivity contribution in [2.24, 2.45) is 0 Å². The van der Waals surface area contributed by atoms with Gasteiger partial charge in [-0.3, -0.25) is 4.79 Å². The number of carbonyl (C=O) groups excluding carboxylic acids is 1. The molecule has 1 aromatic carbocycles. The van der Waals surface area contributed by atoms with Crippen LogP contribution < -0.4 is 0 Å². The molecule has 2 rings (SSSR count). The van der Waals surface area contributed by atoms with Crippen LogP contribution in [0, 0.1) is 0 Å². The third-order valence-electron chi connectivity index (χ3n) is 2.14. The Morgan fingerprint density at radius 3 is 2.73 bits per heavy atom. The van der Waals surface area contributed by atoms with Gasteiger partial charge in [-0.15, -0.1) is 0 Å². The number of hydrogen-bond donors (Lipinski definition) is 0. The Kier molecular flexibility index (Phi) is 2.83. The van der Waals surface area contributed by atoms with Gasteiger partial charge in [0.05, 0.1) is 12.7 Å². The Labute approximate surface area is 92.3 Å². The monoisotopic (exact) mass is 220 g/mol. The zero-order valence-corrected chi connectivity index (χ0v) is 8.69. The first-order chi connectivity index (χ1) is 7.31. The van der Waals surface area contributed by atoms with Gasteiger partial charge in [-0.05, 0) is 17.2 Å². The second-order valence-corrected chi connectivity index (χ2v) is 3.48. The minimum absolute atomic E-state index is 0.334. The molecule has 1 heterocycles. The van der Waals surface area contributed by atoms with Crippen molar-refractivity contribution in [2.75, 3.05) is 0 Å². The molecule has 0 aliphatic heterocycles. The lowest BCUT2D eigenvalue weighted by Crippen LogP contribution is -2.03. The highest BCUT2D eigenvalue weighted by molar-refractivity contribution is 6.28. The van der Waals surface area contributed by atoms with Crippen molar-refractivity contribution in [1.82, 2.24) is 9.55 Å². The van der Waals surface area contributed by atoms with Gasteiger partial charge in [0.2, 0.25) is 5.28 Å². The zero-order chi connectivity index (χ0) is 10.7. The maximum Gasteiger partial charge on any atom is 0.203 e. The van der Waals surface area contributed by atoms with E-state index in [0.29, 0.717) is 17.5 Å². The first kappa shape index (κ1) is 9.93. The summed E-state index contributed by atoms with van der Waals surface area (Å²) in [6, 6.07) is 9.79. The molecular weight excluding hydrogens is 212 g/mol. The summed E-state index contributed by atoms with van der Waals surface area (Å²) >= 11 is 5.87. The summed E-state index contributed by atoms with van der Waals surface area (Å²) in [5, 5.41) is 0.334. The lowest BCUT2D eigenvalue weighted by molar-refractivity contribution is 0.111. The molecule has 0 saturated heterocycles. The molecule has 0 saturated carbocycles. The van der Waals surface area contributed by atoms with E-state index in [1.165, 1.54) is 6.20 Å². The minimum Gasteiger partial charge on any atom is -0.308 e. The van der Waals surface area contributed by atoms with Gasteiger partial charge in [-0.25, -0.2) is 4.98 Å². The van der Waals surface area contributed by atoms with Crippen molar-refractivity contribution in [2.45, 2.75) is 6.54 Å². The second kappa shape index (κ2) is 4.28. The van der Waals surface area contributed by atoms with Crippen LogP contribution in [-0.4, -0.2) is 15.8 Å². The molecule has 4 heteroatoms. The predicted molar refractivity (Wildman–Crippen MR) is 58.2 cm³/mol. The molecule has 15 heavy (non-hydrogen) atoms. The van der Waals surface area contributed by atoms with E-state index in [9.17, 15) is 4.79 Å². The van der Waals surface area contributed by atoms with Crippen LogP contribution in [0.25, 0.3) is 0 Å². The van der Waals surface area contributed by atoms with Crippen LogP contribution in [0.5, 0.6) is 0 Å². The highest BCUT2D eigenvalue weighted by atomic mass is 35.5. The van der Waals surface area contributed by atoms with E-state index in [1.807, 2.05) is 30.3 Å². The smallest absolute Gasteiger partial charge is 0.203 e. The lowest BCUT2D eigenvalue weighted by atomic mass is 10.2. The van der Waals surface area contributed by atoms with E-state index < -0.39 is 0 Å². The summed E-state index contributed by atoms with van der Waals surface area (Å²) in [7, 11) is 0. The van der Waals surface area contributed by atoms with Crippen molar-refractivity contribution in [3.05, 3.63) is 53.1 Å². The van der Waals surface area contributed by atoms with E-state index in [4.69, 9.17) is 11.6 Å². The summed E-state index contributed by atoms with van der Waals surface area (Å²) in [4.78, 5) is 14.6. The average molecular weight is 221 g/mol. The maximum atomic E-state index is 10.7. The molecule has 2 aromatic rings. The molecule has 0 fully saturated rings. The highest BCUT2D eigenvalue weighted by Crippen LogP contribution is 2.12. The Morgan fingerprint density at radius 1 is 1.33 bits per heavy atom. The van der Waals surface area contributed by atoms with Crippen LogP contribution in [0.4, 0.5) is 0 Å². The Balaban J connectivity index is 2.31. The number of carbonyl (C=O) groups is 1. The minimum atomic E-state index is 0.334. The summed E-state index contributed by atoms with van der Waals surface area (Å²) in [6.45, 7) is 0.563. The van der Waals surface area contributed by atoms with Crippen LogP contribution in [0.15, 0.2) is 36.5 Å². The van der Waals surface area contributed by atoms with Gasteiger partial charge in [0.25, 0.3) is 0 Å². The molecule has 1 aromatic heterocycles. The fourth-order valence-electron chi connectivity index (χ4n) is 1.38. The average Bonchev–Trinajstić information content (AvgIpc) is 2.62. The molecule has 76 valence electrons. The van der Waals surface area contributed by atoms with E-state index >= 15 is 0 Å². The number of nitrogens with zero attached hydrogens (tertiary/aromatic N) is 2. The number of aldehydes is 1. The van der Waals surface area contributed by atoms with Crippen LogP contribution in [0.3, 0.4) is 0 Å². The van der Waals surface area contributed by atoms with Crippen molar-refractivity contribution in [1.29, 1.82) is 0 Å². The van der Waals surface area contributed by atoms with Gasteiger partial charge in [0, 0.05) is 0 Å². The molecule has 0 aliphatic carbocycles. The predicted octanol–water partition coefficient (Wildman–Crippen LogP) is 2.40. The standard InChI is InChI=1S/C11H9ClN2O/c12-11-13-6-10(8-15)14(11)7-9-4-2-1-3-5-9/h1-6,8H,7H2. The maximum absolute atomic E-state index is 10.7. The summed E-state index contributed by atoms with van der Waals surface area (Å²) < 4.78 is 1.67. The molecule has 0 spiro atoms. The van der Waals surface area contributed by atoms with Crippen LogP contribution in [0.1, 0.15) is 16.1 Å². The van der Waals surface area contributed by atoms with Crippen molar-refractivity contribution >= 4 is 17.9 Å². The van der Waals surface area contributed by atoms with Gasteiger partial charge in [0.15, 0.2) is 6.29 Å². The highest BCUT2D eigenvalue weighted by Gasteiger charge is 2.06. The number of benzene rings is 1. The van der Waals surface area contributed by atoms with E-state index in [0.717, 1.165) is 11.8 Å². The lowest BCUT2D eigenvalue weighted by Gasteiger charge is -2.05. The first-order valence-corrected chi connectivity index (χ1v) is 4.89. The first-order valence-electron chi connectivity index (χ1n) is 4.51. The topological polar surface area (TPSA) is 34.9 Å². The Morgan fingerprint density at radius 2 is 2.07 bits per heavy atom. The number of halogens is 1. The van der Waals surface area contributed by atoms with Gasteiger partial charge < -0.3 is 4.57 Å². The van der Waals surface area contributed by atoms with Crippen LogP contribution in [-0.2, 0) is 6.54 Å². The number of imidazole rings is 1. The van der Waals surface area contributed by atoms with E-state index in [-0.39, 0.29) is 0 Å². The molecule has 3 nitrogen and oxygen atoms in total. The second-order valence-electron chi connectivity index (χ2n) is 3.14. The van der Waals surface area contributed by atoms with Crippen molar-refractivity contribution in [3.8, 4) is 0 Å². The third-order valence-corrected chi connectivity index (χ3v) is 2.44. The van der Waals surface area contributed by atoms with Gasteiger partial charge in [0.1, 0.15) is 5.69 Å². The molecular formula is C11H9ClN2O. The van der Waals surface area contributed by atoms with Crippen molar-refractivity contribution < 1.29 is 4.79 Å². The number of hydrogen-bond acceptors (Lipinski definition) is 2. The summed E-state index contributed by atoms with van der Waals surface area (Å²) in [6.07, 6.45) is 2.22. The summed E-state index contributed by atoms with van der Waals surface area (Å²) in [5.41, 5.74) is 1.57. The van der Waals surface area contributed by atoms with E-state index in [1.54, 1.807) is 4.57 Å². The molecule has 0 unspecified atom stereocenters. The quantitative estimate of drug-likeness (QED) is 0.745. The van der Waals surface area contributed by atoms with E-state index in [2.05, 4.69) is 4.98 Å². The van der Waals surface area contributed by atoms with Gasteiger partial charge in [-0.2, -0.15) is 0 Å². The van der Waals surface area contributed by atoms with Gasteiger partial charge in [-0.1, -0.05) is 30.3 Å². The molecule has 0 radical (unpaired) electrons. The fraction of sp³-hybridized carbons (Fsp3) is 0.0909. The Hall–Kier alpha value is -1.61. The zero-order valence-electron chi connectivity index (χ0n) is 7.93. The molecule has 0 atom stereocenters. The van der Waals surface area contributed by atoms with Crippen molar-refractivity contribution in [3.63, 3.8) is 0 Å². The van der Waals surface area contributed by atoms with Crippen LogP contribution >= 0.6 is 11.6 Å². The molecule has 0 N–H and O–H groups in total. The molecule has 0 bridgehead atoms. The fourth-order valence-corrected chi connectivity index (χ4v) is 1.59. The summed E-state index contributed by atoms with van der Waals surface area (Å²) in [5.74, 6) is 0. The third kappa shape index (κ3) is 2.07. The molecule has 0 amide bonds. The number of aromatic nitrogens is 2. The number of rotatable bonds is 3. The molecule has 0 aliphatic rings. The normalized spacial score (nSPS) is 10.2.